The third-order valence-corrected chi connectivity index (χ3v) is 2.20. The summed E-state index contributed by atoms with van der Waals surface area (Å²) in [5, 5.41) is 11.7. The number of nitrogens with zero attached hydrogens (tertiary/aromatic N) is 1. The Kier molecular flexibility index (Phi) is 3.48. The molecule has 0 fully saturated rings. The van der Waals surface area contributed by atoms with Gasteiger partial charge in [-0.25, -0.2) is 9.82 Å². The zero-order valence-electron chi connectivity index (χ0n) is 8.61. The van der Waals surface area contributed by atoms with E-state index in [1.807, 2.05) is 35.2 Å². The van der Waals surface area contributed by atoms with Crippen LogP contribution in [-0.2, 0) is 11.6 Å². The van der Waals surface area contributed by atoms with Gasteiger partial charge in [0.05, 0.1) is 0 Å². The molecule has 1 aromatic carbocycles. The zero-order valence-corrected chi connectivity index (χ0v) is 8.61. The molecule has 0 aliphatic heterocycles. The van der Waals surface area contributed by atoms with E-state index in [0.717, 1.165) is 6.54 Å². The predicted octanol–water partition coefficient (Wildman–Crippen LogP) is 1.81. The highest BCUT2D eigenvalue weighted by atomic mass is 17.5. The third-order valence-electron chi connectivity index (χ3n) is 2.20. The van der Waals surface area contributed by atoms with E-state index in [1.54, 1.807) is 12.1 Å². The summed E-state index contributed by atoms with van der Waals surface area (Å²) in [5.41, 5.74) is 1.22. The Hall–Kier alpha value is -1.91. The number of rotatable bonds is 4. The predicted molar refractivity (Wildman–Crippen MR) is 56.5 cm³/mol. The van der Waals surface area contributed by atoms with Crippen LogP contribution in [0.25, 0.3) is 0 Å². The molecule has 1 N–H and O–H groups in total. The van der Waals surface area contributed by atoms with Crippen LogP contribution in [-0.4, -0.2) is 5.26 Å². The second kappa shape index (κ2) is 5.25. The molecule has 2 aromatic rings. The van der Waals surface area contributed by atoms with Crippen LogP contribution in [0.2, 0.25) is 0 Å². The smallest absolute Gasteiger partial charge is 0.180 e. The highest BCUT2D eigenvalue weighted by Gasteiger charge is 2.03. The van der Waals surface area contributed by atoms with Gasteiger partial charge in [-0.3, -0.25) is 0 Å². The minimum atomic E-state index is 0.451. The first-order chi connectivity index (χ1) is 7.88. The number of aromatic nitrogens is 1. The Labute approximate surface area is 93.2 Å². The maximum Gasteiger partial charge on any atom is 0.180 e. The van der Waals surface area contributed by atoms with E-state index in [4.69, 9.17) is 5.26 Å². The van der Waals surface area contributed by atoms with Crippen LogP contribution in [0.1, 0.15) is 5.56 Å². The molecule has 2 rings (SSSR count). The standard InChI is InChI=1S/C12H11NO3/c14-16-15-12-6-8-13(9-7-12)10-11-4-2-1-3-5-11/h1-9H,10H2/p+1. The van der Waals surface area contributed by atoms with Crippen molar-refractivity contribution in [3.05, 3.63) is 60.4 Å². The SMILES string of the molecule is OOOc1cc[n+](Cc2ccccc2)cc1. The largest absolute Gasteiger partial charge is 0.308 e. The summed E-state index contributed by atoms with van der Waals surface area (Å²) >= 11 is 0. The van der Waals surface area contributed by atoms with Gasteiger partial charge in [0.1, 0.15) is 0 Å². The summed E-state index contributed by atoms with van der Waals surface area (Å²) in [6, 6.07) is 13.5. The first-order valence-corrected chi connectivity index (χ1v) is 4.89. The average Bonchev–Trinajstić information content (AvgIpc) is 2.33. The summed E-state index contributed by atoms with van der Waals surface area (Å²) in [5.74, 6) is 0.451. The molecule has 0 saturated heterocycles. The highest BCUT2D eigenvalue weighted by Crippen LogP contribution is 2.06. The molecule has 0 atom stereocenters. The molecule has 0 amide bonds. The lowest BCUT2D eigenvalue weighted by molar-refractivity contribution is -0.688. The average molecular weight is 218 g/mol. The van der Waals surface area contributed by atoms with Gasteiger partial charge in [-0.2, -0.15) is 0 Å². The topological polar surface area (TPSA) is 42.6 Å². The highest BCUT2D eigenvalue weighted by molar-refractivity contribution is 5.15. The molecule has 1 aromatic heterocycles. The van der Waals surface area contributed by atoms with Gasteiger partial charge in [0.2, 0.25) is 0 Å². The van der Waals surface area contributed by atoms with Crippen molar-refractivity contribution in [2.45, 2.75) is 6.54 Å². The van der Waals surface area contributed by atoms with Crippen molar-refractivity contribution in [3.8, 4) is 5.75 Å². The summed E-state index contributed by atoms with van der Waals surface area (Å²) in [7, 11) is 0. The molecule has 0 aliphatic rings. The lowest BCUT2D eigenvalue weighted by Crippen LogP contribution is -2.32. The molecule has 0 bridgehead atoms. The van der Waals surface area contributed by atoms with Gasteiger partial charge in [0, 0.05) is 17.7 Å². The Bertz CT molecular complexity index is 428. The fourth-order valence-electron chi connectivity index (χ4n) is 1.44. The monoisotopic (exact) mass is 218 g/mol. The van der Waals surface area contributed by atoms with E-state index in [-0.39, 0.29) is 0 Å². The van der Waals surface area contributed by atoms with Crippen LogP contribution in [0.3, 0.4) is 0 Å². The second-order valence-electron chi connectivity index (χ2n) is 3.35. The fraction of sp³-hybridized carbons (Fsp3) is 0.0833. The van der Waals surface area contributed by atoms with Gasteiger partial charge in [0.25, 0.3) is 0 Å². The lowest BCUT2D eigenvalue weighted by atomic mass is 10.2. The van der Waals surface area contributed by atoms with Crippen molar-refractivity contribution in [2.24, 2.45) is 0 Å². The van der Waals surface area contributed by atoms with Gasteiger partial charge in [-0.05, 0) is 5.04 Å². The summed E-state index contributed by atoms with van der Waals surface area (Å²) in [4.78, 5) is 4.45. The summed E-state index contributed by atoms with van der Waals surface area (Å²) in [6.07, 6.45) is 3.70. The molecule has 16 heavy (non-hydrogen) atoms. The number of hydrogen-bond acceptors (Lipinski definition) is 3. The van der Waals surface area contributed by atoms with Crippen LogP contribution >= 0.6 is 0 Å². The van der Waals surface area contributed by atoms with Crippen molar-refractivity contribution in [2.75, 3.05) is 0 Å². The Morgan fingerprint density at radius 2 is 1.69 bits per heavy atom. The molecule has 0 spiro atoms. The first-order valence-electron chi connectivity index (χ1n) is 4.89. The van der Waals surface area contributed by atoms with Crippen molar-refractivity contribution in [1.82, 2.24) is 0 Å². The van der Waals surface area contributed by atoms with Crippen molar-refractivity contribution >= 4 is 0 Å². The molecule has 0 unspecified atom stereocenters. The third kappa shape index (κ3) is 2.79. The van der Waals surface area contributed by atoms with Crippen LogP contribution in [0.15, 0.2) is 54.9 Å². The molecule has 0 saturated carbocycles. The van der Waals surface area contributed by atoms with Crippen LogP contribution in [0.5, 0.6) is 5.75 Å². The van der Waals surface area contributed by atoms with E-state index in [9.17, 15) is 0 Å². The quantitative estimate of drug-likeness (QED) is 0.483. The number of hydrogen-bond donors (Lipinski definition) is 1. The molecular weight excluding hydrogens is 206 g/mol. The van der Waals surface area contributed by atoms with Crippen LogP contribution < -0.4 is 9.45 Å². The van der Waals surface area contributed by atoms with E-state index in [0.29, 0.717) is 5.75 Å². The van der Waals surface area contributed by atoms with Gasteiger partial charge < -0.3 is 4.89 Å². The Morgan fingerprint density at radius 1 is 1.00 bits per heavy atom. The van der Waals surface area contributed by atoms with E-state index < -0.39 is 0 Å². The first kappa shape index (κ1) is 10.6. The lowest BCUT2D eigenvalue weighted by Gasteiger charge is -1.99. The molecule has 0 radical (unpaired) electrons. The minimum Gasteiger partial charge on any atom is -0.308 e. The number of pyridine rings is 1. The number of benzene rings is 1. The molecular formula is C12H12NO3+. The van der Waals surface area contributed by atoms with Crippen molar-refractivity contribution in [3.63, 3.8) is 0 Å². The van der Waals surface area contributed by atoms with Crippen molar-refractivity contribution < 1.29 is 19.8 Å². The van der Waals surface area contributed by atoms with Crippen LogP contribution in [0, 0.1) is 0 Å². The summed E-state index contributed by atoms with van der Waals surface area (Å²) < 4.78 is 2.00. The maximum absolute atomic E-state index is 8.10. The molecule has 82 valence electrons. The van der Waals surface area contributed by atoms with Crippen LogP contribution in [0.4, 0.5) is 0 Å². The van der Waals surface area contributed by atoms with E-state index >= 15 is 0 Å². The van der Waals surface area contributed by atoms with Gasteiger partial charge in [-0.1, -0.05) is 30.3 Å². The van der Waals surface area contributed by atoms with Gasteiger partial charge in [-0.15, -0.1) is 0 Å². The normalized spacial score (nSPS) is 10.1. The van der Waals surface area contributed by atoms with Gasteiger partial charge >= 0.3 is 0 Å². The zero-order chi connectivity index (χ0) is 11.2. The Balaban J connectivity index is 2.05. The maximum atomic E-state index is 8.10. The van der Waals surface area contributed by atoms with E-state index in [1.165, 1.54) is 5.56 Å². The molecule has 4 nitrogen and oxygen atoms in total. The molecule has 1 heterocycles. The Morgan fingerprint density at radius 3 is 2.31 bits per heavy atom. The molecule has 0 aliphatic carbocycles. The second-order valence-corrected chi connectivity index (χ2v) is 3.35. The van der Waals surface area contributed by atoms with Gasteiger partial charge in [0.15, 0.2) is 24.7 Å². The fourth-order valence-corrected chi connectivity index (χ4v) is 1.44. The summed E-state index contributed by atoms with van der Waals surface area (Å²) in [6.45, 7) is 0.793. The molecule has 4 heteroatoms. The van der Waals surface area contributed by atoms with E-state index in [2.05, 4.69) is 22.1 Å². The van der Waals surface area contributed by atoms with Crippen molar-refractivity contribution in [1.29, 1.82) is 0 Å². The minimum absolute atomic E-state index is 0.451.